The number of nitrogens with one attached hydrogen (secondary N) is 1. The minimum atomic E-state index is -3.86. The Balaban J connectivity index is 2.28. The quantitative estimate of drug-likeness (QED) is 0.830. The molecular weight excluding hydrogens is 328 g/mol. The lowest BCUT2D eigenvalue weighted by molar-refractivity contribution is -0.136. The number of aliphatic carboxylic acids is 1. The Kier molecular flexibility index (Phi) is 4.67. The van der Waals surface area contributed by atoms with E-state index in [9.17, 15) is 13.2 Å². The summed E-state index contributed by atoms with van der Waals surface area (Å²) in [5.74, 6) is -0.797. The van der Waals surface area contributed by atoms with Crippen LogP contribution in [0, 0.1) is 6.92 Å². The number of carboxylic acids is 1. The summed E-state index contributed by atoms with van der Waals surface area (Å²) < 4.78 is 32.2. The second kappa shape index (κ2) is 6.32. The number of sulfonamides is 1. The summed E-state index contributed by atoms with van der Waals surface area (Å²) in [5, 5.41) is 10.3. The zero-order chi connectivity index (χ0) is 16.3. The van der Waals surface area contributed by atoms with Crippen molar-refractivity contribution in [3.63, 3.8) is 0 Å². The molecule has 2 rings (SSSR count). The van der Waals surface area contributed by atoms with Crippen molar-refractivity contribution in [1.29, 1.82) is 0 Å². The normalized spacial score (nSPS) is 11.2. The SMILES string of the molecule is COc1cc(C)ccc1S(=O)(=O)Nc1nc(CC(=O)O)cs1. The smallest absolute Gasteiger partial charge is 0.309 e. The van der Waals surface area contributed by atoms with Crippen molar-refractivity contribution in [1.82, 2.24) is 4.98 Å². The first-order valence-electron chi connectivity index (χ1n) is 6.15. The topological polar surface area (TPSA) is 106 Å². The number of hydrogen-bond acceptors (Lipinski definition) is 6. The fraction of sp³-hybridized carbons (Fsp3) is 0.231. The molecule has 7 nitrogen and oxygen atoms in total. The molecule has 0 amide bonds. The van der Waals surface area contributed by atoms with Gasteiger partial charge in [-0.2, -0.15) is 0 Å². The summed E-state index contributed by atoms with van der Waals surface area (Å²) in [6.07, 6.45) is -0.258. The van der Waals surface area contributed by atoms with Crippen LogP contribution in [0.2, 0.25) is 0 Å². The van der Waals surface area contributed by atoms with E-state index in [1.165, 1.54) is 18.6 Å². The molecular formula is C13H14N2O5S2. The number of hydrogen-bond donors (Lipinski definition) is 2. The Hall–Kier alpha value is -2.13. The zero-order valence-corrected chi connectivity index (χ0v) is 13.5. The van der Waals surface area contributed by atoms with Gasteiger partial charge in [-0.15, -0.1) is 11.3 Å². The van der Waals surface area contributed by atoms with E-state index in [-0.39, 0.29) is 22.2 Å². The average molecular weight is 342 g/mol. The molecule has 0 atom stereocenters. The molecule has 2 N–H and O–H groups in total. The average Bonchev–Trinajstić information content (AvgIpc) is 2.83. The van der Waals surface area contributed by atoms with E-state index in [0.717, 1.165) is 16.9 Å². The van der Waals surface area contributed by atoms with Crippen LogP contribution in [-0.2, 0) is 21.2 Å². The third-order valence-corrected chi connectivity index (χ3v) is 5.03. The zero-order valence-electron chi connectivity index (χ0n) is 11.9. The van der Waals surface area contributed by atoms with Crippen molar-refractivity contribution < 1.29 is 23.1 Å². The predicted molar refractivity (Wildman–Crippen MR) is 82.0 cm³/mol. The molecule has 1 heterocycles. The number of rotatable bonds is 6. The van der Waals surface area contributed by atoms with E-state index in [1.807, 2.05) is 6.92 Å². The largest absolute Gasteiger partial charge is 0.495 e. The minimum absolute atomic E-state index is 0.00409. The Bertz CT molecular complexity index is 799. The number of carbonyl (C=O) groups is 1. The Morgan fingerprint density at radius 3 is 2.82 bits per heavy atom. The third-order valence-electron chi connectivity index (χ3n) is 2.71. The number of nitrogens with zero attached hydrogens (tertiary/aromatic N) is 1. The molecule has 0 saturated heterocycles. The molecule has 0 fully saturated rings. The van der Waals surface area contributed by atoms with Crippen LogP contribution in [0.3, 0.4) is 0 Å². The van der Waals surface area contributed by atoms with E-state index in [1.54, 1.807) is 12.1 Å². The number of benzene rings is 1. The number of carboxylic acid groups (broad SMARTS) is 1. The number of ether oxygens (including phenoxy) is 1. The first-order valence-corrected chi connectivity index (χ1v) is 8.52. The molecule has 1 aromatic heterocycles. The maximum Gasteiger partial charge on any atom is 0.309 e. The molecule has 118 valence electrons. The lowest BCUT2D eigenvalue weighted by Gasteiger charge is -2.10. The van der Waals surface area contributed by atoms with Crippen LogP contribution in [0.4, 0.5) is 5.13 Å². The van der Waals surface area contributed by atoms with Gasteiger partial charge in [0.1, 0.15) is 10.6 Å². The summed E-state index contributed by atoms with van der Waals surface area (Å²) in [6.45, 7) is 1.82. The molecule has 0 aliphatic carbocycles. The van der Waals surface area contributed by atoms with E-state index >= 15 is 0 Å². The Labute approximate surface area is 131 Å². The van der Waals surface area contributed by atoms with Crippen molar-refractivity contribution in [2.24, 2.45) is 0 Å². The van der Waals surface area contributed by atoms with Gasteiger partial charge < -0.3 is 9.84 Å². The number of thiazole rings is 1. The van der Waals surface area contributed by atoms with E-state index in [2.05, 4.69) is 9.71 Å². The fourth-order valence-electron chi connectivity index (χ4n) is 1.76. The van der Waals surface area contributed by atoms with Gasteiger partial charge in [-0.25, -0.2) is 13.4 Å². The number of aromatic nitrogens is 1. The lowest BCUT2D eigenvalue weighted by atomic mass is 10.2. The fourth-order valence-corrected chi connectivity index (χ4v) is 3.87. The molecule has 0 aliphatic heterocycles. The van der Waals surface area contributed by atoms with Crippen LogP contribution in [0.1, 0.15) is 11.3 Å². The second-order valence-corrected chi connectivity index (χ2v) is 6.98. The first-order chi connectivity index (χ1) is 10.3. The molecule has 0 unspecified atom stereocenters. The van der Waals surface area contributed by atoms with Crippen LogP contribution in [0.25, 0.3) is 0 Å². The van der Waals surface area contributed by atoms with E-state index < -0.39 is 16.0 Å². The molecule has 22 heavy (non-hydrogen) atoms. The van der Waals surface area contributed by atoms with E-state index in [4.69, 9.17) is 9.84 Å². The van der Waals surface area contributed by atoms with Gasteiger partial charge in [0.2, 0.25) is 0 Å². The van der Waals surface area contributed by atoms with Crippen LogP contribution in [0.5, 0.6) is 5.75 Å². The minimum Gasteiger partial charge on any atom is -0.495 e. The Morgan fingerprint density at radius 2 is 2.18 bits per heavy atom. The summed E-state index contributed by atoms with van der Waals surface area (Å²) >= 11 is 1.02. The van der Waals surface area contributed by atoms with Gasteiger partial charge in [-0.3, -0.25) is 9.52 Å². The number of methoxy groups -OCH3 is 1. The van der Waals surface area contributed by atoms with Gasteiger partial charge in [0, 0.05) is 5.38 Å². The van der Waals surface area contributed by atoms with Gasteiger partial charge >= 0.3 is 5.97 Å². The van der Waals surface area contributed by atoms with Crippen molar-refractivity contribution in [3.8, 4) is 5.75 Å². The van der Waals surface area contributed by atoms with Gasteiger partial charge in [-0.05, 0) is 24.6 Å². The molecule has 0 spiro atoms. The number of anilines is 1. The summed E-state index contributed by atoms with van der Waals surface area (Å²) in [7, 11) is -2.47. The third kappa shape index (κ3) is 3.74. The first kappa shape index (κ1) is 16.2. The standard InChI is InChI=1S/C13H14N2O5S2/c1-8-3-4-11(10(5-8)20-2)22(18,19)15-13-14-9(7-21-13)6-12(16)17/h3-5,7H,6H2,1-2H3,(H,14,15)(H,16,17). The highest BCUT2D eigenvalue weighted by molar-refractivity contribution is 7.93. The summed E-state index contributed by atoms with van der Waals surface area (Å²) in [6, 6.07) is 4.73. The molecule has 9 heteroatoms. The highest BCUT2D eigenvalue weighted by Gasteiger charge is 2.21. The highest BCUT2D eigenvalue weighted by Crippen LogP contribution is 2.27. The lowest BCUT2D eigenvalue weighted by Crippen LogP contribution is -2.14. The van der Waals surface area contributed by atoms with Crippen molar-refractivity contribution in [2.75, 3.05) is 11.8 Å². The monoisotopic (exact) mass is 342 g/mol. The summed E-state index contributed by atoms with van der Waals surface area (Å²) in [4.78, 5) is 14.5. The Morgan fingerprint density at radius 1 is 1.45 bits per heavy atom. The highest BCUT2D eigenvalue weighted by atomic mass is 32.2. The van der Waals surface area contributed by atoms with Crippen LogP contribution < -0.4 is 9.46 Å². The maximum atomic E-state index is 12.4. The molecule has 1 aromatic carbocycles. The van der Waals surface area contributed by atoms with E-state index in [0.29, 0.717) is 5.69 Å². The summed E-state index contributed by atoms with van der Waals surface area (Å²) in [5.41, 5.74) is 1.17. The molecule has 0 radical (unpaired) electrons. The van der Waals surface area contributed by atoms with Gasteiger partial charge in [0.05, 0.1) is 19.2 Å². The molecule has 0 bridgehead atoms. The molecule has 2 aromatic rings. The van der Waals surface area contributed by atoms with Crippen molar-refractivity contribution in [2.45, 2.75) is 18.2 Å². The molecule has 0 aliphatic rings. The van der Waals surface area contributed by atoms with Crippen LogP contribution >= 0.6 is 11.3 Å². The van der Waals surface area contributed by atoms with Crippen LogP contribution in [-0.4, -0.2) is 31.6 Å². The molecule has 0 saturated carbocycles. The van der Waals surface area contributed by atoms with Gasteiger partial charge in [0.15, 0.2) is 5.13 Å². The predicted octanol–water partition coefficient (Wildman–Crippen LogP) is 1.89. The van der Waals surface area contributed by atoms with Gasteiger partial charge in [0.25, 0.3) is 10.0 Å². The second-order valence-electron chi connectivity index (χ2n) is 4.47. The number of aryl methyl sites for hydroxylation is 1. The maximum absolute atomic E-state index is 12.4. The van der Waals surface area contributed by atoms with Crippen molar-refractivity contribution in [3.05, 3.63) is 34.8 Å². The van der Waals surface area contributed by atoms with Crippen molar-refractivity contribution >= 4 is 32.5 Å². The van der Waals surface area contributed by atoms with Gasteiger partial charge in [-0.1, -0.05) is 6.07 Å². The van der Waals surface area contributed by atoms with Crippen LogP contribution in [0.15, 0.2) is 28.5 Å².